The number of alkyl halides is 5. The van der Waals surface area contributed by atoms with Crippen LogP contribution in [0.2, 0.25) is 0 Å². The number of halogens is 5. The monoisotopic (exact) mass is 512 g/mol. The van der Waals surface area contributed by atoms with E-state index in [4.69, 9.17) is 9.29 Å². The van der Waals surface area contributed by atoms with Gasteiger partial charge in [0, 0.05) is 0 Å². The summed E-state index contributed by atoms with van der Waals surface area (Å²) in [4.78, 5) is 26.1. The van der Waals surface area contributed by atoms with E-state index >= 15 is 0 Å². The molecule has 7 nitrogen and oxygen atoms in total. The van der Waals surface area contributed by atoms with E-state index in [2.05, 4.69) is 4.74 Å². The molecule has 4 bridgehead atoms. The van der Waals surface area contributed by atoms with Gasteiger partial charge in [-0.05, 0) is 62.5 Å². The first-order valence-corrected chi connectivity index (χ1v) is 11.9. The van der Waals surface area contributed by atoms with Crippen molar-refractivity contribution in [3.05, 3.63) is 30.3 Å². The lowest BCUT2D eigenvalue weighted by Gasteiger charge is -2.59. The van der Waals surface area contributed by atoms with Gasteiger partial charge < -0.3 is 9.47 Å². The van der Waals surface area contributed by atoms with E-state index < -0.39 is 50.4 Å². The van der Waals surface area contributed by atoms with Gasteiger partial charge in [0.25, 0.3) is 6.10 Å². The minimum Gasteiger partial charge on any atom is -0.444 e. The molecule has 4 aliphatic rings. The normalized spacial score (nSPS) is 31.7. The first-order valence-electron chi connectivity index (χ1n) is 10.5. The largest absolute Gasteiger partial charge is 0.444 e. The van der Waals surface area contributed by atoms with Crippen molar-refractivity contribution in [2.45, 2.75) is 56.1 Å². The van der Waals surface area contributed by atoms with E-state index in [9.17, 15) is 40.0 Å². The summed E-state index contributed by atoms with van der Waals surface area (Å²) >= 11 is 0. The molecule has 1 aromatic carbocycles. The summed E-state index contributed by atoms with van der Waals surface area (Å²) in [5.41, 5.74) is -2.89. The van der Waals surface area contributed by atoms with Crippen LogP contribution in [-0.4, -0.2) is 42.4 Å². The molecule has 1 aromatic rings. The van der Waals surface area contributed by atoms with Crippen LogP contribution >= 0.6 is 0 Å². The first-order chi connectivity index (χ1) is 15.6. The number of ether oxygens (including phenoxy) is 2. The Bertz CT molecular complexity index is 1070. The molecular formula is C21H21F5O7S. The topological polar surface area (TPSA) is 107 Å². The Kier molecular flexibility index (Phi) is 5.75. The number of hydrogen-bond acceptors (Lipinski definition) is 6. The number of carbonyl (C=O) groups excluding carboxylic acids is 2. The number of carbonyl (C=O) groups is 2. The third kappa shape index (κ3) is 4.16. The number of benzene rings is 1. The average Bonchev–Trinajstić information content (AvgIpc) is 2.69. The number of esters is 2. The molecule has 34 heavy (non-hydrogen) atoms. The average molecular weight is 512 g/mol. The second-order valence-electron chi connectivity index (χ2n) is 9.59. The Morgan fingerprint density at radius 3 is 1.91 bits per heavy atom. The van der Waals surface area contributed by atoms with Crippen LogP contribution < -0.4 is 4.74 Å². The second kappa shape index (κ2) is 7.87. The summed E-state index contributed by atoms with van der Waals surface area (Å²) in [7, 11) is -6.55. The van der Waals surface area contributed by atoms with Crippen LogP contribution in [0.4, 0.5) is 22.0 Å². The minimum atomic E-state index is -6.55. The van der Waals surface area contributed by atoms with Crippen molar-refractivity contribution < 1.29 is 54.0 Å². The van der Waals surface area contributed by atoms with Gasteiger partial charge in [0.15, 0.2) is 0 Å². The molecule has 1 N–H and O–H groups in total. The minimum absolute atomic E-state index is 0.0186. The van der Waals surface area contributed by atoms with Crippen LogP contribution in [-0.2, 0) is 24.4 Å². The predicted octanol–water partition coefficient (Wildman–Crippen LogP) is 4.13. The zero-order valence-corrected chi connectivity index (χ0v) is 18.4. The van der Waals surface area contributed by atoms with E-state index in [0.29, 0.717) is 19.3 Å². The molecule has 4 aliphatic carbocycles. The van der Waals surface area contributed by atoms with E-state index in [0.717, 1.165) is 0 Å². The smallest absolute Gasteiger partial charge is 0.432 e. The molecule has 188 valence electrons. The molecular weight excluding hydrogens is 491 g/mol. The highest BCUT2D eigenvalue weighted by molar-refractivity contribution is 7.86. The molecule has 3 unspecified atom stereocenters. The molecule has 4 fully saturated rings. The van der Waals surface area contributed by atoms with E-state index in [1.807, 2.05) is 0 Å². The fourth-order valence-electron chi connectivity index (χ4n) is 6.14. The fraction of sp³-hybridized carbons (Fsp3) is 0.619. The van der Waals surface area contributed by atoms with Crippen LogP contribution in [0.1, 0.15) is 38.5 Å². The van der Waals surface area contributed by atoms with Gasteiger partial charge in [-0.3, -0.25) is 14.1 Å². The van der Waals surface area contributed by atoms with Crippen LogP contribution in [0.5, 0.6) is 5.75 Å². The zero-order chi connectivity index (χ0) is 25.2. The van der Waals surface area contributed by atoms with Crippen molar-refractivity contribution in [3.63, 3.8) is 0 Å². The first kappa shape index (κ1) is 24.8. The summed E-state index contributed by atoms with van der Waals surface area (Å²) < 4.78 is 108. The Labute approximate surface area is 191 Å². The molecule has 0 aromatic heterocycles. The number of para-hydroxylation sites is 1. The van der Waals surface area contributed by atoms with Gasteiger partial charge in [0.05, 0.1) is 10.8 Å². The van der Waals surface area contributed by atoms with Crippen molar-refractivity contribution in [1.29, 1.82) is 0 Å². The van der Waals surface area contributed by atoms with E-state index in [1.54, 1.807) is 18.2 Å². The molecule has 0 amide bonds. The van der Waals surface area contributed by atoms with Gasteiger partial charge in [-0.1, -0.05) is 18.2 Å². The van der Waals surface area contributed by atoms with Crippen LogP contribution in [0.3, 0.4) is 0 Å². The molecule has 5 rings (SSSR count). The van der Waals surface area contributed by atoms with Gasteiger partial charge in [-0.15, -0.1) is 0 Å². The Hall–Kier alpha value is -2.28. The second-order valence-corrected chi connectivity index (χ2v) is 11.1. The summed E-state index contributed by atoms with van der Waals surface area (Å²) in [5, 5.41) is -5.81. The summed E-state index contributed by atoms with van der Waals surface area (Å²) in [6.07, 6.45) is -9.35. The molecule has 13 heteroatoms. The highest BCUT2D eigenvalue weighted by atomic mass is 32.2. The van der Waals surface area contributed by atoms with Crippen LogP contribution in [0.15, 0.2) is 30.3 Å². The lowest BCUT2D eigenvalue weighted by atomic mass is 9.44. The highest BCUT2D eigenvalue weighted by Crippen LogP contribution is 2.66. The highest BCUT2D eigenvalue weighted by Gasteiger charge is 2.69. The molecule has 0 radical (unpaired) electrons. The van der Waals surface area contributed by atoms with Crippen LogP contribution in [0, 0.1) is 22.7 Å². The van der Waals surface area contributed by atoms with Crippen molar-refractivity contribution in [2.75, 3.05) is 0 Å². The van der Waals surface area contributed by atoms with E-state index in [1.165, 1.54) is 12.1 Å². The number of hydrogen-bond donors (Lipinski definition) is 1. The quantitative estimate of drug-likeness (QED) is 0.264. The fourth-order valence-corrected chi connectivity index (χ4v) is 6.59. The Balaban J connectivity index is 1.62. The standard InChI is InChI=1S/C21H21F5O7S/c22-20(23,24)15(21(25,26)34(29,30)31)33-17(28)19-9-12-6-13(10-19)8-18(7-12,11-19)16(27)32-14-4-2-1-3-5-14/h1-5,12-13,15H,6-11H2,(H,29,30,31). The molecule has 3 atom stereocenters. The predicted molar refractivity (Wildman–Crippen MR) is 104 cm³/mol. The molecule has 0 aliphatic heterocycles. The van der Waals surface area contributed by atoms with Gasteiger partial charge in [0.2, 0.25) is 0 Å². The SMILES string of the molecule is O=C(Oc1ccccc1)C12CC3CC(C1)CC(C(=O)OC(C(F)(F)F)C(F)(F)S(=O)(=O)O)(C3)C2. The number of rotatable bonds is 6. The molecule has 0 saturated heterocycles. The molecule has 0 spiro atoms. The van der Waals surface area contributed by atoms with E-state index in [-0.39, 0.29) is 36.8 Å². The molecule has 4 saturated carbocycles. The third-order valence-corrected chi connectivity index (χ3v) is 7.95. The molecule has 0 heterocycles. The van der Waals surface area contributed by atoms with Crippen molar-refractivity contribution in [2.24, 2.45) is 22.7 Å². The lowest BCUT2D eigenvalue weighted by Crippen LogP contribution is -2.60. The maximum absolute atomic E-state index is 14.0. The summed E-state index contributed by atoms with van der Waals surface area (Å²) in [5.74, 6) is -2.58. The summed E-state index contributed by atoms with van der Waals surface area (Å²) in [6.45, 7) is 0. The van der Waals surface area contributed by atoms with Gasteiger partial charge in [0.1, 0.15) is 5.75 Å². The Morgan fingerprint density at radius 2 is 1.44 bits per heavy atom. The maximum atomic E-state index is 14.0. The van der Waals surface area contributed by atoms with Crippen molar-refractivity contribution in [1.82, 2.24) is 0 Å². The third-order valence-electron chi connectivity index (χ3n) is 7.05. The van der Waals surface area contributed by atoms with Crippen molar-refractivity contribution >= 4 is 22.1 Å². The summed E-state index contributed by atoms with van der Waals surface area (Å²) in [6, 6.07) is 8.04. The lowest BCUT2D eigenvalue weighted by molar-refractivity contribution is -0.267. The van der Waals surface area contributed by atoms with Crippen molar-refractivity contribution in [3.8, 4) is 5.75 Å². The Morgan fingerprint density at radius 1 is 0.941 bits per heavy atom. The van der Waals surface area contributed by atoms with Gasteiger partial charge in [-0.2, -0.15) is 30.4 Å². The van der Waals surface area contributed by atoms with Gasteiger partial charge >= 0.3 is 33.5 Å². The van der Waals surface area contributed by atoms with Gasteiger partial charge in [-0.25, -0.2) is 0 Å². The maximum Gasteiger partial charge on any atom is 0.432 e. The zero-order valence-electron chi connectivity index (χ0n) is 17.6. The van der Waals surface area contributed by atoms with Crippen LogP contribution in [0.25, 0.3) is 0 Å².